The van der Waals surface area contributed by atoms with Gasteiger partial charge in [-0.15, -0.1) is 0 Å². The molecule has 23 heavy (non-hydrogen) atoms. The third-order valence-corrected chi connectivity index (χ3v) is 4.17. The Balaban J connectivity index is 2.20. The van der Waals surface area contributed by atoms with Crippen LogP contribution in [0.2, 0.25) is 0 Å². The molecule has 0 aromatic heterocycles. The average molecular weight is 324 g/mol. The van der Waals surface area contributed by atoms with E-state index in [4.69, 9.17) is 4.74 Å². The van der Waals surface area contributed by atoms with Crippen LogP contribution in [-0.2, 0) is 14.3 Å². The number of fused-ring (bicyclic) bond motifs is 2. The van der Waals surface area contributed by atoms with E-state index in [0.29, 0.717) is 0 Å². The molecule has 0 aliphatic carbocycles. The molecule has 0 radical (unpaired) electrons. The van der Waals surface area contributed by atoms with Gasteiger partial charge in [0, 0.05) is 5.54 Å². The van der Waals surface area contributed by atoms with Crippen LogP contribution in [0.1, 0.15) is 41.5 Å². The predicted octanol–water partition coefficient (Wildman–Crippen LogP) is 1.31. The number of aliphatic carboxylic acids is 1. The summed E-state index contributed by atoms with van der Waals surface area (Å²) in [6.07, 6.45) is 2.96. The standard InChI is InChI=1S/C17H28N2O4/c1-16(2,3)13(14(20)19-17(4,5)6)18-12-10-8-7-9(23-10)11(12)15(21)22/h7-13,18H,1-6H3,(H,19,20)(H,21,22)/t9-,10+,11-,12+,13-/m1/s1. The number of ether oxygens (including phenoxy) is 1. The Morgan fingerprint density at radius 2 is 1.65 bits per heavy atom. The van der Waals surface area contributed by atoms with E-state index in [9.17, 15) is 14.7 Å². The van der Waals surface area contributed by atoms with Crippen molar-refractivity contribution in [2.45, 2.75) is 71.4 Å². The minimum Gasteiger partial charge on any atom is -0.481 e. The van der Waals surface area contributed by atoms with Gasteiger partial charge >= 0.3 is 5.97 Å². The lowest BCUT2D eigenvalue weighted by Gasteiger charge is -2.37. The van der Waals surface area contributed by atoms with E-state index in [2.05, 4.69) is 10.6 Å². The summed E-state index contributed by atoms with van der Waals surface area (Å²) in [7, 11) is 0. The van der Waals surface area contributed by atoms with Gasteiger partial charge in [-0.25, -0.2) is 0 Å². The van der Waals surface area contributed by atoms with Crippen LogP contribution in [-0.4, -0.2) is 46.8 Å². The first-order valence-electron chi connectivity index (χ1n) is 8.05. The number of carboxylic acids is 1. The Hall–Kier alpha value is -1.40. The summed E-state index contributed by atoms with van der Waals surface area (Å²) >= 11 is 0. The molecule has 130 valence electrons. The van der Waals surface area contributed by atoms with Crippen molar-refractivity contribution in [3.8, 4) is 0 Å². The van der Waals surface area contributed by atoms with E-state index >= 15 is 0 Å². The van der Waals surface area contributed by atoms with Gasteiger partial charge in [0.05, 0.1) is 24.3 Å². The van der Waals surface area contributed by atoms with Crippen molar-refractivity contribution in [2.24, 2.45) is 11.3 Å². The maximum atomic E-state index is 12.7. The molecule has 1 saturated heterocycles. The number of carbonyl (C=O) groups excluding carboxylic acids is 1. The smallest absolute Gasteiger partial charge is 0.311 e. The Morgan fingerprint density at radius 1 is 1.09 bits per heavy atom. The number of hydrogen-bond acceptors (Lipinski definition) is 4. The van der Waals surface area contributed by atoms with Gasteiger partial charge in [0.25, 0.3) is 0 Å². The molecular formula is C17H28N2O4. The van der Waals surface area contributed by atoms with Gasteiger partial charge in [-0.05, 0) is 26.2 Å². The highest BCUT2D eigenvalue weighted by molar-refractivity contribution is 5.83. The molecule has 2 bridgehead atoms. The quantitative estimate of drug-likeness (QED) is 0.679. The van der Waals surface area contributed by atoms with E-state index in [1.807, 2.05) is 47.6 Å². The topological polar surface area (TPSA) is 87.7 Å². The highest BCUT2D eigenvalue weighted by Crippen LogP contribution is 2.35. The Morgan fingerprint density at radius 3 is 2.13 bits per heavy atom. The molecule has 0 aromatic carbocycles. The maximum Gasteiger partial charge on any atom is 0.311 e. The van der Waals surface area contributed by atoms with Crippen molar-refractivity contribution in [3.05, 3.63) is 12.2 Å². The average Bonchev–Trinajstić information content (AvgIpc) is 2.91. The highest BCUT2D eigenvalue weighted by atomic mass is 16.5. The van der Waals surface area contributed by atoms with E-state index < -0.39 is 30.1 Å². The van der Waals surface area contributed by atoms with Crippen molar-refractivity contribution in [1.29, 1.82) is 0 Å². The molecule has 1 fully saturated rings. The maximum absolute atomic E-state index is 12.7. The van der Waals surface area contributed by atoms with Crippen molar-refractivity contribution in [3.63, 3.8) is 0 Å². The summed E-state index contributed by atoms with van der Waals surface area (Å²) in [6.45, 7) is 11.7. The molecule has 6 heteroatoms. The van der Waals surface area contributed by atoms with Gasteiger partial charge in [0.15, 0.2) is 0 Å². The van der Waals surface area contributed by atoms with Crippen LogP contribution in [0.5, 0.6) is 0 Å². The van der Waals surface area contributed by atoms with Crippen LogP contribution in [0.25, 0.3) is 0 Å². The molecule has 2 heterocycles. The Labute approximate surface area is 137 Å². The highest BCUT2D eigenvalue weighted by Gasteiger charge is 2.51. The lowest BCUT2D eigenvalue weighted by Crippen LogP contribution is -2.61. The second-order valence-electron chi connectivity index (χ2n) is 8.54. The summed E-state index contributed by atoms with van der Waals surface area (Å²) < 4.78 is 5.67. The SMILES string of the molecule is CC(C)(C)NC(=O)[C@@H](N[C@@H]1[C@H](C(=O)O)[C@H]2C=C[C@@H]1O2)C(C)(C)C. The number of carboxylic acid groups (broad SMARTS) is 1. The monoisotopic (exact) mass is 324 g/mol. The van der Waals surface area contributed by atoms with Crippen LogP contribution >= 0.6 is 0 Å². The van der Waals surface area contributed by atoms with E-state index in [-0.39, 0.29) is 23.0 Å². The molecule has 6 nitrogen and oxygen atoms in total. The minimum absolute atomic E-state index is 0.124. The number of nitrogens with one attached hydrogen (secondary N) is 2. The van der Waals surface area contributed by atoms with Crippen molar-refractivity contribution in [1.82, 2.24) is 10.6 Å². The fourth-order valence-corrected chi connectivity index (χ4v) is 3.15. The van der Waals surface area contributed by atoms with E-state index in [1.54, 1.807) is 6.08 Å². The fraction of sp³-hybridized carbons (Fsp3) is 0.765. The summed E-state index contributed by atoms with van der Waals surface area (Å²) in [4.78, 5) is 24.3. The zero-order valence-corrected chi connectivity index (χ0v) is 14.7. The molecule has 0 saturated carbocycles. The second-order valence-corrected chi connectivity index (χ2v) is 8.54. The molecule has 1 amide bonds. The van der Waals surface area contributed by atoms with Gasteiger partial charge in [0.1, 0.15) is 5.92 Å². The summed E-state index contributed by atoms with van der Waals surface area (Å²) in [5.74, 6) is -1.69. The first-order valence-corrected chi connectivity index (χ1v) is 8.05. The Kier molecular flexibility index (Phi) is 4.61. The van der Waals surface area contributed by atoms with Gasteiger partial charge in [-0.1, -0.05) is 32.9 Å². The molecule has 2 rings (SSSR count). The Bertz CT molecular complexity index is 516. The molecular weight excluding hydrogens is 296 g/mol. The van der Waals surface area contributed by atoms with E-state index in [0.717, 1.165) is 0 Å². The van der Waals surface area contributed by atoms with Gasteiger partial charge in [-0.3, -0.25) is 14.9 Å². The molecule has 2 aliphatic rings. The zero-order valence-electron chi connectivity index (χ0n) is 14.7. The van der Waals surface area contributed by atoms with Crippen molar-refractivity contribution < 1.29 is 19.4 Å². The zero-order chi connectivity index (χ0) is 17.6. The number of amides is 1. The largest absolute Gasteiger partial charge is 0.481 e. The van der Waals surface area contributed by atoms with Gasteiger partial charge in [0.2, 0.25) is 5.91 Å². The van der Waals surface area contributed by atoms with Gasteiger partial charge in [-0.2, -0.15) is 0 Å². The number of hydrogen-bond donors (Lipinski definition) is 3. The van der Waals surface area contributed by atoms with Crippen LogP contribution in [0, 0.1) is 11.3 Å². The fourth-order valence-electron chi connectivity index (χ4n) is 3.15. The van der Waals surface area contributed by atoms with Gasteiger partial charge < -0.3 is 15.2 Å². The molecule has 2 aliphatic heterocycles. The third kappa shape index (κ3) is 3.93. The number of rotatable bonds is 4. The summed E-state index contributed by atoms with van der Waals surface area (Å²) in [5, 5.41) is 15.7. The summed E-state index contributed by atoms with van der Waals surface area (Å²) in [6, 6.07) is -0.914. The molecule has 0 unspecified atom stereocenters. The normalized spacial score (nSPS) is 31.2. The molecule has 5 atom stereocenters. The molecule has 3 N–H and O–H groups in total. The van der Waals surface area contributed by atoms with Crippen molar-refractivity contribution in [2.75, 3.05) is 0 Å². The first kappa shape index (κ1) is 17.9. The third-order valence-electron chi connectivity index (χ3n) is 4.17. The minimum atomic E-state index is -0.900. The lowest BCUT2D eigenvalue weighted by atomic mass is 9.82. The lowest BCUT2D eigenvalue weighted by molar-refractivity contribution is -0.143. The predicted molar refractivity (Wildman–Crippen MR) is 87.0 cm³/mol. The second kappa shape index (κ2) is 5.91. The van der Waals surface area contributed by atoms with Crippen LogP contribution in [0.4, 0.5) is 0 Å². The number of carbonyl (C=O) groups is 2. The van der Waals surface area contributed by atoms with Crippen LogP contribution < -0.4 is 10.6 Å². The first-order chi connectivity index (χ1) is 10.4. The van der Waals surface area contributed by atoms with Crippen LogP contribution in [0.3, 0.4) is 0 Å². The van der Waals surface area contributed by atoms with E-state index in [1.165, 1.54) is 0 Å². The molecule has 0 spiro atoms. The molecule has 0 aromatic rings. The summed E-state index contributed by atoms with van der Waals surface area (Å²) in [5.41, 5.74) is -0.705. The van der Waals surface area contributed by atoms with Crippen molar-refractivity contribution >= 4 is 11.9 Å². The van der Waals surface area contributed by atoms with Crippen LogP contribution in [0.15, 0.2) is 12.2 Å².